The molecule has 0 saturated heterocycles. The highest BCUT2D eigenvalue weighted by atomic mass is 16.5. The van der Waals surface area contributed by atoms with Gasteiger partial charge in [0.1, 0.15) is 0 Å². The minimum atomic E-state index is 0.0553. The topological polar surface area (TPSA) is 38.7 Å². The minimum absolute atomic E-state index is 0.0553. The van der Waals surface area contributed by atoms with E-state index in [1.54, 1.807) is 12.1 Å². The molecule has 1 rings (SSSR count). The van der Waals surface area contributed by atoms with Gasteiger partial charge in [0.05, 0.1) is 14.2 Å². The molecule has 0 saturated carbocycles. The second-order valence-corrected chi connectivity index (χ2v) is 4.14. The standard InChI is InChI=1S/C17H20O3/c1-5-6-7-8-13(2)9-10-14-11-15(18)17(20-4)16(12-14)19-3/h5-12,18H,1H2,2-4H3/b7-6-,10-9-,13-8+. The maximum absolute atomic E-state index is 9.87. The van der Waals surface area contributed by atoms with Gasteiger partial charge in [-0.2, -0.15) is 0 Å². The van der Waals surface area contributed by atoms with Crippen LogP contribution in [0.25, 0.3) is 6.08 Å². The predicted octanol–water partition coefficient (Wildman–Crippen LogP) is 4.11. The van der Waals surface area contributed by atoms with Crippen molar-refractivity contribution < 1.29 is 14.6 Å². The lowest BCUT2D eigenvalue weighted by Gasteiger charge is -2.10. The average Bonchev–Trinajstić information content (AvgIpc) is 2.44. The van der Waals surface area contributed by atoms with E-state index in [2.05, 4.69) is 6.58 Å². The van der Waals surface area contributed by atoms with Gasteiger partial charge >= 0.3 is 0 Å². The van der Waals surface area contributed by atoms with Gasteiger partial charge in [-0.25, -0.2) is 0 Å². The molecule has 3 nitrogen and oxygen atoms in total. The highest BCUT2D eigenvalue weighted by Crippen LogP contribution is 2.37. The number of phenolic OH excluding ortho intramolecular Hbond substituents is 1. The van der Waals surface area contributed by atoms with Gasteiger partial charge < -0.3 is 14.6 Å². The van der Waals surface area contributed by atoms with Crippen molar-refractivity contribution in [1.29, 1.82) is 0 Å². The quantitative estimate of drug-likeness (QED) is 0.792. The summed E-state index contributed by atoms with van der Waals surface area (Å²) >= 11 is 0. The number of aromatic hydroxyl groups is 1. The Balaban J connectivity index is 2.98. The van der Waals surface area contributed by atoms with E-state index in [1.807, 2.05) is 43.4 Å². The Labute approximate surface area is 120 Å². The zero-order valence-electron chi connectivity index (χ0n) is 12.1. The van der Waals surface area contributed by atoms with Crippen molar-refractivity contribution in [2.45, 2.75) is 6.92 Å². The van der Waals surface area contributed by atoms with Gasteiger partial charge in [-0.15, -0.1) is 0 Å². The first-order chi connectivity index (χ1) is 9.62. The van der Waals surface area contributed by atoms with Crippen molar-refractivity contribution in [3.8, 4) is 17.2 Å². The van der Waals surface area contributed by atoms with Gasteiger partial charge in [-0.1, -0.05) is 48.6 Å². The summed E-state index contributed by atoms with van der Waals surface area (Å²) in [7, 11) is 3.03. The van der Waals surface area contributed by atoms with Crippen molar-refractivity contribution in [1.82, 2.24) is 0 Å². The molecule has 0 aliphatic carbocycles. The van der Waals surface area contributed by atoms with Crippen LogP contribution in [0.1, 0.15) is 12.5 Å². The summed E-state index contributed by atoms with van der Waals surface area (Å²) in [5.74, 6) is 0.894. The Kier molecular flexibility index (Phi) is 6.17. The van der Waals surface area contributed by atoms with E-state index < -0.39 is 0 Å². The molecule has 1 aromatic rings. The Morgan fingerprint density at radius 1 is 1.20 bits per heavy atom. The van der Waals surface area contributed by atoms with Crippen LogP contribution in [0.5, 0.6) is 17.2 Å². The lowest BCUT2D eigenvalue weighted by atomic mass is 10.1. The number of allylic oxidation sites excluding steroid dienone is 6. The maximum atomic E-state index is 9.87. The van der Waals surface area contributed by atoms with E-state index in [-0.39, 0.29) is 5.75 Å². The zero-order chi connectivity index (χ0) is 15.0. The van der Waals surface area contributed by atoms with Gasteiger partial charge in [-0.3, -0.25) is 0 Å². The second kappa shape index (κ2) is 7.89. The van der Waals surface area contributed by atoms with Crippen LogP contribution in [-0.4, -0.2) is 19.3 Å². The molecular formula is C17H20O3. The van der Waals surface area contributed by atoms with Crippen LogP contribution in [0.2, 0.25) is 0 Å². The SMILES string of the molecule is C=C\C=C/C=C(C)/C=C\c1cc(O)c(OC)c(OC)c1. The highest BCUT2D eigenvalue weighted by Gasteiger charge is 2.10. The van der Waals surface area contributed by atoms with E-state index in [9.17, 15) is 5.11 Å². The van der Waals surface area contributed by atoms with E-state index in [4.69, 9.17) is 9.47 Å². The number of hydrogen-bond donors (Lipinski definition) is 1. The van der Waals surface area contributed by atoms with Gasteiger partial charge in [0, 0.05) is 0 Å². The van der Waals surface area contributed by atoms with Crippen molar-refractivity contribution in [2.75, 3.05) is 14.2 Å². The second-order valence-electron chi connectivity index (χ2n) is 4.14. The lowest BCUT2D eigenvalue weighted by Crippen LogP contribution is -1.91. The molecule has 0 heterocycles. The summed E-state index contributed by atoms with van der Waals surface area (Å²) in [6.07, 6.45) is 11.3. The first kappa shape index (κ1) is 15.6. The summed E-state index contributed by atoms with van der Waals surface area (Å²) in [4.78, 5) is 0. The van der Waals surface area contributed by atoms with Crippen molar-refractivity contribution in [3.63, 3.8) is 0 Å². The normalized spacial score (nSPS) is 12.1. The third kappa shape index (κ3) is 4.35. The van der Waals surface area contributed by atoms with E-state index >= 15 is 0 Å². The molecule has 0 fully saturated rings. The molecule has 106 valence electrons. The summed E-state index contributed by atoms with van der Waals surface area (Å²) in [5.41, 5.74) is 1.91. The Bertz CT molecular complexity index is 552. The molecule has 0 aliphatic rings. The largest absolute Gasteiger partial charge is 0.504 e. The summed E-state index contributed by atoms with van der Waals surface area (Å²) in [6.45, 7) is 5.60. The van der Waals surface area contributed by atoms with Gasteiger partial charge in [0.25, 0.3) is 0 Å². The van der Waals surface area contributed by atoms with Crippen LogP contribution < -0.4 is 9.47 Å². The average molecular weight is 272 g/mol. The number of rotatable bonds is 6. The molecule has 0 aliphatic heterocycles. The van der Waals surface area contributed by atoms with Gasteiger partial charge in [0.15, 0.2) is 11.5 Å². The molecule has 0 aromatic heterocycles. The minimum Gasteiger partial charge on any atom is -0.504 e. The molecule has 0 amide bonds. The number of methoxy groups -OCH3 is 2. The fourth-order valence-corrected chi connectivity index (χ4v) is 1.63. The molecule has 0 radical (unpaired) electrons. The fourth-order valence-electron chi connectivity index (χ4n) is 1.63. The summed E-state index contributed by atoms with van der Waals surface area (Å²) in [5, 5.41) is 9.87. The van der Waals surface area contributed by atoms with Crippen molar-refractivity contribution >= 4 is 6.08 Å². The number of benzene rings is 1. The van der Waals surface area contributed by atoms with Crippen LogP contribution in [0, 0.1) is 0 Å². The Morgan fingerprint density at radius 2 is 1.95 bits per heavy atom. The molecule has 0 unspecified atom stereocenters. The van der Waals surface area contributed by atoms with Crippen LogP contribution in [0.3, 0.4) is 0 Å². The summed E-state index contributed by atoms with van der Waals surface area (Å²) in [6, 6.07) is 3.44. The summed E-state index contributed by atoms with van der Waals surface area (Å²) < 4.78 is 10.3. The number of hydrogen-bond acceptors (Lipinski definition) is 3. The molecule has 1 aromatic carbocycles. The van der Waals surface area contributed by atoms with Crippen LogP contribution in [-0.2, 0) is 0 Å². The van der Waals surface area contributed by atoms with E-state index in [0.29, 0.717) is 11.5 Å². The third-order valence-corrected chi connectivity index (χ3v) is 2.63. The smallest absolute Gasteiger partial charge is 0.203 e. The van der Waals surface area contributed by atoms with E-state index in [1.165, 1.54) is 14.2 Å². The first-order valence-electron chi connectivity index (χ1n) is 6.21. The van der Waals surface area contributed by atoms with Crippen molar-refractivity contribution in [2.24, 2.45) is 0 Å². The van der Waals surface area contributed by atoms with Crippen LogP contribution in [0.4, 0.5) is 0 Å². The number of ether oxygens (including phenoxy) is 2. The zero-order valence-corrected chi connectivity index (χ0v) is 12.1. The molecule has 3 heteroatoms. The van der Waals surface area contributed by atoms with Crippen LogP contribution >= 0.6 is 0 Å². The Morgan fingerprint density at radius 3 is 2.55 bits per heavy atom. The van der Waals surface area contributed by atoms with Crippen molar-refractivity contribution in [3.05, 3.63) is 60.2 Å². The maximum Gasteiger partial charge on any atom is 0.203 e. The third-order valence-electron chi connectivity index (χ3n) is 2.63. The van der Waals surface area contributed by atoms with E-state index in [0.717, 1.165) is 11.1 Å². The highest BCUT2D eigenvalue weighted by molar-refractivity contribution is 5.62. The molecule has 0 spiro atoms. The van der Waals surface area contributed by atoms with Gasteiger partial charge in [0.2, 0.25) is 5.75 Å². The molecular weight excluding hydrogens is 252 g/mol. The molecule has 1 N–H and O–H groups in total. The fraction of sp³-hybridized carbons (Fsp3) is 0.176. The predicted molar refractivity (Wildman–Crippen MR) is 83.3 cm³/mol. The first-order valence-corrected chi connectivity index (χ1v) is 6.21. The monoisotopic (exact) mass is 272 g/mol. The molecule has 0 bridgehead atoms. The number of phenols is 1. The lowest BCUT2D eigenvalue weighted by molar-refractivity contribution is 0.333. The molecule has 20 heavy (non-hydrogen) atoms. The van der Waals surface area contributed by atoms with Crippen LogP contribution in [0.15, 0.2) is 54.7 Å². The van der Waals surface area contributed by atoms with Gasteiger partial charge in [-0.05, 0) is 24.6 Å². The Hall–Kier alpha value is -2.42. The molecule has 0 atom stereocenters.